The van der Waals surface area contributed by atoms with Crippen molar-refractivity contribution in [2.45, 2.75) is 0 Å². The van der Waals surface area contributed by atoms with Crippen molar-refractivity contribution >= 4 is 55.0 Å². The van der Waals surface area contributed by atoms with Crippen LogP contribution in [-0.2, 0) is 16.6 Å². The number of carbonyl (C=O) groups excluding carboxylic acids is 2. The second kappa shape index (κ2) is 10.5. The number of benzene rings is 3. The summed E-state index contributed by atoms with van der Waals surface area (Å²) in [5.74, 6) is -1.30. The van der Waals surface area contributed by atoms with Gasteiger partial charge in [-0.25, -0.2) is 9.78 Å². The van der Waals surface area contributed by atoms with Gasteiger partial charge in [-0.15, -0.1) is 11.3 Å². The van der Waals surface area contributed by atoms with Gasteiger partial charge in [0.25, 0.3) is 11.5 Å². The maximum Gasteiger partial charge on any atom is 0.356 e. The fourth-order valence-electron chi connectivity index (χ4n) is 4.04. The van der Waals surface area contributed by atoms with Gasteiger partial charge in [0.15, 0.2) is 11.7 Å². The number of fused-ring (bicyclic) bond motifs is 1. The Morgan fingerprint density at radius 2 is 1.62 bits per heavy atom. The summed E-state index contributed by atoms with van der Waals surface area (Å²) in [6.45, 7) is -0.527. The van der Waals surface area contributed by atoms with E-state index in [0.29, 0.717) is 21.5 Å². The van der Waals surface area contributed by atoms with E-state index >= 15 is 0 Å². The van der Waals surface area contributed by atoms with Crippen LogP contribution in [0.25, 0.3) is 33.2 Å². The van der Waals surface area contributed by atoms with E-state index in [2.05, 4.69) is 26.2 Å². The largest absolute Gasteiger partial charge is 0.451 e. The molecule has 0 saturated carbocycles. The number of nitrogens with one attached hydrogen (secondary N) is 1. The molecule has 5 aromatic rings. The summed E-state index contributed by atoms with van der Waals surface area (Å²) >= 11 is 4.68. The zero-order chi connectivity index (χ0) is 25.9. The summed E-state index contributed by atoms with van der Waals surface area (Å²) in [4.78, 5) is 43.3. The first-order valence-corrected chi connectivity index (χ1v) is 12.9. The Hall–Kier alpha value is -4.08. The molecule has 184 valence electrons. The quantitative estimate of drug-likeness (QED) is 0.256. The van der Waals surface area contributed by atoms with Crippen molar-refractivity contribution in [1.29, 1.82) is 0 Å². The minimum atomic E-state index is -0.769. The maximum atomic E-state index is 13.3. The molecule has 2 aromatic heterocycles. The number of anilines is 1. The lowest BCUT2D eigenvalue weighted by Crippen LogP contribution is -2.28. The average Bonchev–Trinajstić information content (AvgIpc) is 3.38. The van der Waals surface area contributed by atoms with Crippen molar-refractivity contribution in [2.75, 3.05) is 11.9 Å². The van der Waals surface area contributed by atoms with Gasteiger partial charge < -0.3 is 9.30 Å². The van der Waals surface area contributed by atoms with Gasteiger partial charge in [-0.2, -0.15) is 0 Å². The third-order valence-electron chi connectivity index (χ3n) is 5.78. The molecule has 0 bridgehead atoms. The average molecular weight is 574 g/mol. The SMILES string of the molecule is Cn1c(C(=O)OCC(=O)Nc2nc(-c3ccc(Br)cc3)cs2)c(-c2ccccc2)c2ccccc2c1=O. The van der Waals surface area contributed by atoms with Crippen molar-refractivity contribution < 1.29 is 14.3 Å². The highest BCUT2D eigenvalue weighted by Gasteiger charge is 2.23. The lowest BCUT2D eigenvalue weighted by atomic mass is 9.97. The molecule has 0 fully saturated rings. The van der Waals surface area contributed by atoms with Crippen LogP contribution in [0.3, 0.4) is 0 Å². The molecule has 0 aliphatic carbocycles. The molecule has 0 aliphatic rings. The number of ether oxygens (including phenoxy) is 1. The molecule has 37 heavy (non-hydrogen) atoms. The molecule has 0 saturated heterocycles. The van der Waals surface area contributed by atoms with E-state index in [1.807, 2.05) is 66.0 Å². The minimum Gasteiger partial charge on any atom is -0.451 e. The highest BCUT2D eigenvalue weighted by molar-refractivity contribution is 9.10. The number of amides is 1. The number of rotatable bonds is 6. The van der Waals surface area contributed by atoms with Crippen LogP contribution in [0.2, 0.25) is 0 Å². The number of thiazole rings is 1. The fourth-order valence-corrected chi connectivity index (χ4v) is 5.04. The molecular formula is C28H20BrN3O4S. The number of halogens is 1. The Bertz CT molecular complexity index is 1680. The van der Waals surface area contributed by atoms with E-state index in [0.717, 1.165) is 21.3 Å². The summed E-state index contributed by atoms with van der Waals surface area (Å²) in [6.07, 6.45) is 0. The van der Waals surface area contributed by atoms with Crippen LogP contribution in [0, 0.1) is 0 Å². The van der Waals surface area contributed by atoms with E-state index in [-0.39, 0.29) is 11.3 Å². The highest BCUT2D eigenvalue weighted by atomic mass is 79.9. The van der Waals surface area contributed by atoms with Gasteiger partial charge in [0, 0.05) is 33.4 Å². The van der Waals surface area contributed by atoms with Crippen LogP contribution in [0.4, 0.5) is 5.13 Å². The number of aromatic nitrogens is 2. The predicted octanol–water partition coefficient (Wildman–Crippen LogP) is 5.89. The zero-order valence-corrected chi connectivity index (χ0v) is 22.0. The van der Waals surface area contributed by atoms with Gasteiger partial charge in [-0.05, 0) is 29.1 Å². The molecule has 0 spiro atoms. The third kappa shape index (κ3) is 5.09. The van der Waals surface area contributed by atoms with Crippen molar-refractivity contribution in [1.82, 2.24) is 9.55 Å². The van der Waals surface area contributed by atoms with Gasteiger partial charge in [-0.3, -0.25) is 14.9 Å². The Morgan fingerprint density at radius 3 is 2.35 bits per heavy atom. The molecule has 0 aliphatic heterocycles. The third-order valence-corrected chi connectivity index (χ3v) is 7.07. The summed E-state index contributed by atoms with van der Waals surface area (Å²) in [6, 6.07) is 24.1. The Morgan fingerprint density at radius 1 is 0.946 bits per heavy atom. The molecule has 0 atom stereocenters. The van der Waals surface area contributed by atoms with E-state index in [1.54, 1.807) is 18.2 Å². The second-order valence-electron chi connectivity index (χ2n) is 8.17. The Labute approximate surface area is 224 Å². The number of nitrogens with zero attached hydrogens (tertiary/aromatic N) is 2. The lowest BCUT2D eigenvalue weighted by molar-refractivity contribution is -0.119. The summed E-state index contributed by atoms with van der Waals surface area (Å²) in [5.41, 5.74) is 2.72. The van der Waals surface area contributed by atoms with Gasteiger partial charge in [0.1, 0.15) is 5.69 Å². The standard InChI is InChI=1S/C28H20BrN3O4S/c1-32-25(24(18-7-3-2-4-8-18)20-9-5-6-10-21(20)26(32)34)27(35)36-15-23(33)31-28-30-22(16-37-28)17-11-13-19(29)14-12-17/h2-14,16H,15H2,1H3,(H,30,31,33). The maximum absolute atomic E-state index is 13.3. The van der Waals surface area contributed by atoms with Crippen LogP contribution >= 0.6 is 27.3 Å². The molecular weight excluding hydrogens is 554 g/mol. The number of esters is 1. The summed E-state index contributed by atoms with van der Waals surface area (Å²) in [5, 5.41) is 6.02. The van der Waals surface area contributed by atoms with E-state index in [4.69, 9.17) is 4.74 Å². The number of hydrogen-bond donors (Lipinski definition) is 1. The van der Waals surface area contributed by atoms with Crippen LogP contribution in [0.5, 0.6) is 0 Å². The van der Waals surface area contributed by atoms with Gasteiger partial charge in [0.05, 0.1) is 5.69 Å². The fraction of sp³-hybridized carbons (Fsp3) is 0.0714. The van der Waals surface area contributed by atoms with E-state index < -0.39 is 18.5 Å². The normalized spacial score (nSPS) is 10.9. The van der Waals surface area contributed by atoms with Crippen LogP contribution < -0.4 is 10.9 Å². The molecule has 3 aromatic carbocycles. The Kier molecular flexibility index (Phi) is 6.98. The molecule has 7 nitrogen and oxygen atoms in total. The number of hydrogen-bond acceptors (Lipinski definition) is 6. The summed E-state index contributed by atoms with van der Waals surface area (Å²) in [7, 11) is 1.52. The first-order chi connectivity index (χ1) is 17.9. The first-order valence-electron chi connectivity index (χ1n) is 11.3. The summed E-state index contributed by atoms with van der Waals surface area (Å²) < 4.78 is 7.61. The van der Waals surface area contributed by atoms with Crippen LogP contribution in [0.15, 0.2) is 93.5 Å². The van der Waals surface area contributed by atoms with Crippen molar-refractivity contribution in [3.05, 3.63) is 105 Å². The molecule has 5 rings (SSSR count). The van der Waals surface area contributed by atoms with Gasteiger partial charge >= 0.3 is 5.97 Å². The smallest absolute Gasteiger partial charge is 0.356 e. The van der Waals surface area contributed by atoms with Crippen LogP contribution in [-0.4, -0.2) is 28.0 Å². The molecule has 0 radical (unpaired) electrons. The van der Waals surface area contributed by atoms with Crippen molar-refractivity contribution in [2.24, 2.45) is 7.05 Å². The molecule has 2 heterocycles. The van der Waals surface area contributed by atoms with E-state index in [9.17, 15) is 14.4 Å². The molecule has 0 unspecified atom stereocenters. The number of carbonyl (C=O) groups is 2. The first kappa shape index (κ1) is 24.6. The van der Waals surface area contributed by atoms with Crippen molar-refractivity contribution in [3.8, 4) is 22.4 Å². The number of pyridine rings is 1. The predicted molar refractivity (Wildman–Crippen MR) is 149 cm³/mol. The molecule has 9 heteroatoms. The highest BCUT2D eigenvalue weighted by Crippen LogP contribution is 2.31. The minimum absolute atomic E-state index is 0.0782. The zero-order valence-electron chi connectivity index (χ0n) is 19.6. The second-order valence-corrected chi connectivity index (χ2v) is 9.94. The van der Waals surface area contributed by atoms with Gasteiger partial charge in [0.2, 0.25) is 0 Å². The monoisotopic (exact) mass is 573 g/mol. The Balaban J connectivity index is 1.37. The van der Waals surface area contributed by atoms with Gasteiger partial charge in [-0.1, -0.05) is 76.6 Å². The molecule has 1 N–H and O–H groups in total. The van der Waals surface area contributed by atoms with Crippen LogP contribution in [0.1, 0.15) is 10.5 Å². The topological polar surface area (TPSA) is 90.3 Å². The lowest BCUT2D eigenvalue weighted by Gasteiger charge is -2.16. The van der Waals surface area contributed by atoms with E-state index in [1.165, 1.54) is 23.0 Å². The van der Waals surface area contributed by atoms with Crippen molar-refractivity contribution in [3.63, 3.8) is 0 Å². The molecule has 1 amide bonds.